The fourth-order valence-electron chi connectivity index (χ4n) is 3.50. The highest BCUT2D eigenvalue weighted by Crippen LogP contribution is 2.36. The average Bonchev–Trinajstić information content (AvgIpc) is 3.09. The Balaban J connectivity index is 1.71. The highest BCUT2D eigenvalue weighted by molar-refractivity contribution is 7.21. The van der Waals surface area contributed by atoms with Gasteiger partial charge in [-0.1, -0.05) is 17.7 Å². The van der Waals surface area contributed by atoms with E-state index in [0.717, 1.165) is 18.8 Å². The minimum atomic E-state index is -0.360. The number of morpholine rings is 1. The maximum atomic E-state index is 14.4. The van der Waals surface area contributed by atoms with Gasteiger partial charge in [-0.2, -0.15) is 0 Å². The van der Waals surface area contributed by atoms with Gasteiger partial charge in [-0.15, -0.1) is 11.3 Å². The molecule has 0 radical (unpaired) electrons. The topological polar surface area (TPSA) is 50.8 Å². The van der Waals surface area contributed by atoms with Gasteiger partial charge in [-0.25, -0.2) is 4.39 Å². The molecule has 3 aromatic rings. The molecule has 2 heterocycles. The number of hydrogen-bond acceptors (Lipinski definition) is 5. The molecule has 0 aliphatic carbocycles. The van der Waals surface area contributed by atoms with E-state index in [2.05, 4.69) is 10.2 Å². The molecule has 0 atom stereocenters. The zero-order valence-corrected chi connectivity index (χ0v) is 17.4. The smallest absolute Gasteiger partial charge is 0.266 e. The molecule has 1 aliphatic heterocycles. The van der Waals surface area contributed by atoms with Crippen molar-refractivity contribution in [3.63, 3.8) is 0 Å². The van der Waals surface area contributed by atoms with Gasteiger partial charge in [0.2, 0.25) is 0 Å². The second-order valence-electron chi connectivity index (χ2n) is 6.67. The van der Waals surface area contributed by atoms with Crippen LogP contribution in [0, 0.1) is 5.82 Å². The standard InChI is InChI=1S/C21H20ClFN2O3S/c1-27-12-14-19-15(23)3-2-4-18(19)29-20(14)21(26)24-16-11-13(22)5-6-17(16)25-7-9-28-10-8-25/h2-6,11H,7-10,12H2,1H3,(H,24,26). The van der Waals surface area contributed by atoms with Crippen LogP contribution in [-0.2, 0) is 16.1 Å². The third kappa shape index (κ3) is 4.09. The summed E-state index contributed by atoms with van der Waals surface area (Å²) in [7, 11) is 1.53. The number of halogens is 2. The van der Waals surface area contributed by atoms with Gasteiger partial charge in [0.05, 0.1) is 36.1 Å². The first kappa shape index (κ1) is 20.1. The third-order valence-corrected chi connectivity index (χ3v) is 6.25. The Hall–Kier alpha value is -2.19. The van der Waals surface area contributed by atoms with Gasteiger partial charge in [0.15, 0.2) is 0 Å². The first-order chi connectivity index (χ1) is 14.1. The average molecular weight is 435 g/mol. The number of hydrogen-bond donors (Lipinski definition) is 1. The number of thiophene rings is 1. The van der Waals surface area contributed by atoms with Crippen LogP contribution in [0.15, 0.2) is 36.4 Å². The van der Waals surface area contributed by atoms with Crippen molar-refractivity contribution in [1.29, 1.82) is 0 Å². The summed E-state index contributed by atoms with van der Waals surface area (Å²) in [5.74, 6) is -0.670. The van der Waals surface area contributed by atoms with Crippen LogP contribution < -0.4 is 10.2 Å². The summed E-state index contributed by atoms with van der Waals surface area (Å²) in [6, 6.07) is 10.3. The van der Waals surface area contributed by atoms with Crippen molar-refractivity contribution in [2.45, 2.75) is 6.61 Å². The van der Waals surface area contributed by atoms with E-state index in [1.165, 1.54) is 24.5 Å². The molecule has 2 aromatic carbocycles. The van der Waals surface area contributed by atoms with Crippen LogP contribution in [0.4, 0.5) is 15.8 Å². The monoisotopic (exact) mass is 434 g/mol. The van der Waals surface area contributed by atoms with E-state index in [4.69, 9.17) is 21.1 Å². The largest absolute Gasteiger partial charge is 0.380 e. The van der Waals surface area contributed by atoms with Crippen LogP contribution in [0.25, 0.3) is 10.1 Å². The quantitative estimate of drug-likeness (QED) is 0.618. The number of carbonyl (C=O) groups excluding carboxylic acids is 1. The van der Waals surface area contributed by atoms with Gasteiger partial charge in [-0.3, -0.25) is 4.79 Å². The van der Waals surface area contributed by atoms with E-state index in [1.54, 1.807) is 24.3 Å². The number of nitrogens with one attached hydrogen (secondary N) is 1. The van der Waals surface area contributed by atoms with E-state index < -0.39 is 0 Å². The Kier molecular flexibility index (Phi) is 6.01. The van der Waals surface area contributed by atoms with Crippen LogP contribution in [0.2, 0.25) is 5.02 Å². The Morgan fingerprint density at radius 3 is 2.86 bits per heavy atom. The lowest BCUT2D eigenvalue weighted by molar-refractivity contribution is 0.102. The number of benzene rings is 2. The zero-order chi connectivity index (χ0) is 20.4. The van der Waals surface area contributed by atoms with Crippen LogP contribution in [0.5, 0.6) is 0 Å². The van der Waals surface area contributed by atoms with Crippen molar-refractivity contribution < 1.29 is 18.7 Å². The molecule has 152 valence electrons. The van der Waals surface area contributed by atoms with Crippen molar-refractivity contribution in [1.82, 2.24) is 0 Å². The predicted octanol–water partition coefficient (Wildman–Crippen LogP) is 4.93. The Bertz CT molecular complexity index is 1050. The summed E-state index contributed by atoms with van der Waals surface area (Å²) in [5.41, 5.74) is 2.05. The molecule has 1 fully saturated rings. The third-order valence-electron chi connectivity index (χ3n) is 4.82. The van der Waals surface area contributed by atoms with E-state index in [1.807, 2.05) is 6.07 Å². The normalized spacial score (nSPS) is 14.4. The molecule has 0 spiro atoms. The van der Waals surface area contributed by atoms with Crippen LogP contribution >= 0.6 is 22.9 Å². The molecule has 29 heavy (non-hydrogen) atoms. The molecule has 1 saturated heterocycles. The van der Waals surface area contributed by atoms with Crippen molar-refractivity contribution in [3.05, 3.63) is 57.7 Å². The summed E-state index contributed by atoms with van der Waals surface area (Å²) in [6.07, 6.45) is 0. The number of fused-ring (bicyclic) bond motifs is 1. The minimum Gasteiger partial charge on any atom is -0.380 e. The minimum absolute atomic E-state index is 0.148. The highest BCUT2D eigenvalue weighted by atomic mass is 35.5. The fourth-order valence-corrected chi connectivity index (χ4v) is 4.79. The van der Waals surface area contributed by atoms with Gasteiger partial charge >= 0.3 is 0 Å². The van der Waals surface area contributed by atoms with Gasteiger partial charge in [0.1, 0.15) is 5.82 Å². The van der Waals surface area contributed by atoms with Gasteiger partial charge in [0.25, 0.3) is 5.91 Å². The maximum absolute atomic E-state index is 14.4. The van der Waals surface area contributed by atoms with Gasteiger partial charge < -0.3 is 19.7 Å². The SMILES string of the molecule is COCc1c(C(=O)Nc2cc(Cl)ccc2N2CCOCC2)sc2cccc(F)c12. The fraction of sp³-hybridized carbons (Fsp3) is 0.286. The summed E-state index contributed by atoms with van der Waals surface area (Å²) in [4.78, 5) is 15.8. The highest BCUT2D eigenvalue weighted by Gasteiger charge is 2.23. The van der Waals surface area contributed by atoms with Crippen molar-refractivity contribution in [2.24, 2.45) is 0 Å². The lowest BCUT2D eigenvalue weighted by Crippen LogP contribution is -2.36. The van der Waals surface area contributed by atoms with E-state index in [-0.39, 0.29) is 18.3 Å². The molecule has 1 aromatic heterocycles. The van der Waals surface area contributed by atoms with Gasteiger partial charge in [0, 0.05) is 40.9 Å². The second-order valence-corrected chi connectivity index (χ2v) is 8.16. The van der Waals surface area contributed by atoms with E-state index in [0.29, 0.717) is 44.5 Å². The Labute approximate surface area is 177 Å². The summed E-state index contributed by atoms with van der Waals surface area (Å²) in [5, 5.41) is 3.93. The number of nitrogens with zero attached hydrogens (tertiary/aromatic N) is 1. The van der Waals surface area contributed by atoms with Gasteiger partial charge in [-0.05, 0) is 30.3 Å². The molecule has 1 N–H and O–H groups in total. The molecular formula is C21H20ClFN2O3S. The summed E-state index contributed by atoms with van der Waals surface area (Å²) >= 11 is 7.44. The molecule has 4 rings (SSSR count). The van der Waals surface area contributed by atoms with Crippen LogP contribution in [0.1, 0.15) is 15.2 Å². The zero-order valence-electron chi connectivity index (χ0n) is 15.8. The number of ether oxygens (including phenoxy) is 2. The Morgan fingerprint density at radius 1 is 1.31 bits per heavy atom. The summed E-state index contributed by atoms with van der Waals surface area (Å²) in [6.45, 7) is 2.86. The second kappa shape index (κ2) is 8.67. The van der Waals surface area contributed by atoms with Crippen LogP contribution in [-0.4, -0.2) is 39.3 Å². The molecule has 1 aliphatic rings. The number of carbonyl (C=O) groups is 1. The van der Waals surface area contributed by atoms with Crippen molar-refractivity contribution in [2.75, 3.05) is 43.6 Å². The molecule has 0 bridgehead atoms. The molecule has 0 saturated carbocycles. The number of amides is 1. The molecule has 8 heteroatoms. The molecule has 5 nitrogen and oxygen atoms in total. The first-order valence-electron chi connectivity index (χ1n) is 9.21. The first-order valence-corrected chi connectivity index (χ1v) is 10.4. The maximum Gasteiger partial charge on any atom is 0.266 e. The molecule has 1 amide bonds. The number of anilines is 2. The number of rotatable bonds is 5. The number of methoxy groups -OCH3 is 1. The molecule has 0 unspecified atom stereocenters. The van der Waals surface area contributed by atoms with E-state index in [9.17, 15) is 9.18 Å². The lowest BCUT2D eigenvalue weighted by atomic mass is 10.1. The van der Waals surface area contributed by atoms with Crippen LogP contribution in [0.3, 0.4) is 0 Å². The van der Waals surface area contributed by atoms with E-state index >= 15 is 0 Å². The summed E-state index contributed by atoms with van der Waals surface area (Å²) < 4.78 is 25.8. The molecular weight excluding hydrogens is 415 g/mol. The predicted molar refractivity (Wildman–Crippen MR) is 115 cm³/mol. The van der Waals surface area contributed by atoms with Crippen molar-refractivity contribution in [3.8, 4) is 0 Å². The van der Waals surface area contributed by atoms with Crippen molar-refractivity contribution >= 4 is 50.3 Å². The Morgan fingerprint density at radius 2 is 2.10 bits per heavy atom. The lowest BCUT2D eigenvalue weighted by Gasteiger charge is -2.30.